The van der Waals surface area contributed by atoms with Gasteiger partial charge in [-0.1, -0.05) is 47.5 Å². The highest BCUT2D eigenvalue weighted by Gasteiger charge is 2.35. The van der Waals surface area contributed by atoms with E-state index in [9.17, 15) is 10.1 Å². The Morgan fingerprint density at radius 1 is 1.39 bits per heavy atom. The predicted molar refractivity (Wildman–Crippen MR) is 110 cm³/mol. The van der Waals surface area contributed by atoms with Gasteiger partial charge in [0.15, 0.2) is 0 Å². The smallest absolute Gasteiger partial charge is 0.258 e. The van der Waals surface area contributed by atoms with Gasteiger partial charge in [-0.2, -0.15) is 5.26 Å². The van der Waals surface area contributed by atoms with Crippen molar-refractivity contribution in [2.75, 3.05) is 13.7 Å². The monoisotopic (exact) mass is 443 g/mol. The summed E-state index contributed by atoms with van der Waals surface area (Å²) in [6.45, 7) is 2.90. The van der Waals surface area contributed by atoms with Crippen LogP contribution in [0.15, 0.2) is 51.1 Å². The first-order valence-electron chi connectivity index (χ1n) is 9.11. The van der Waals surface area contributed by atoms with Crippen molar-refractivity contribution >= 4 is 15.9 Å². The van der Waals surface area contributed by atoms with Gasteiger partial charge in [-0.25, -0.2) is 0 Å². The van der Waals surface area contributed by atoms with Crippen LogP contribution in [0.4, 0.5) is 0 Å². The molecule has 2 aromatic rings. The topological polar surface area (TPSA) is 90.3 Å². The van der Waals surface area contributed by atoms with Crippen molar-refractivity contribution in [2.45, 2.75) is 32.2 Å². The molecule has 1 atom stereocenters. The fraction of sp³-hybridized carbons (Fsp3) is 0.333. The van der Waals surface area contributed by atoms with Crippen LogP contribution in [-0.2, 0) is 17.7 Å². The number of allylic oxidation sites excluding steroid dienone is 1. The quantitative estimate of drug-likeness (QED) is 0.738. The van der Waals surface area contributed by atoms with E-state index in [1.807, 2.05) is 30.3 Å². The molecule has 0 saturated carbocycles. The minimum absolute atomic E-state index is 0.0345. The van der Waals surface area contributed by atoms with Gasteiger partial charge in [0.1, 0.15) is 17.4 Å². The van der Waals surface area contributed by atoms with Crippen molar-refractivity contribution in [2.24, 2.45) is 5.73 Å². The molecule has 28 heavy (non-hydrogen) atoms. The SMILES string of the molecule is CCCc1cc2c(c(=O)n1CCOC)C(c1ccccc1Br)C(C#N)=C(N)O2. The number of fused-ring (bicyclic) bond motifs is 1. The van der Waals surface area contributed by atoms with Crippen LogP contribution >= 0.6 is 15.9 Å². The number of pyridine rings is 1. The summed E-state index contributed by atoms with van der Waals surface area (Å²) in [6, 6.07) is 11.5. The lowest BCUT2D eigenvalue weighted by molar-refractivity contribution is 0.185. The average Bonchev–Trinajstić information content (AvgIpc) is 2.67. The van der Waals surface area contributed by atoms with Crippen molar-refractivity contribution in [3.63, 3.8) is 0 Å². The number of hydrogen-bond acceptors (Lipinski definition) is 5. The van der Waals surface area contributed by atoms with E-state index in [1.165, 1.54) is 0 Å². The first-order chi connectivity index (χ1) is 13.5. The van der Waals surface area contributed by atoms with Crippen molar-refractivity contribution < 1.29 is 9.47 Å². The Bertz CT molecular complexity index is 1020. The Morgan fingerprint density at radius 3 is 2.79 bits per heavy atom. The highest BCUT2D eigenvalue weighted by Crippen LogP contribution is 2.42. The minimum atomic E-state index is -0.596. The van der Waals surface area contributed by atoms with Crippen LogP contribution in [0, 0.1) is 11.3 Å². The molecule has 0 spiro atoms. The van der Waals surface area contributed by atoms with Gasteiger partial charge >= 0.3 is 0 Å². The van der Waals surface area contributed by atoms with E-state index in [4.69, 9.17) is 15.2 Å². The third-order valence-electron chi connectivity index (χ3n) is 4.81. The van der Waals surface area contributed by atoms with Gasteiger partial charge in [-0.15, -0.1) is 0 Å². The molecule has 7 heteroatoms. The zero-order chi connectivity index (χ0) is 20.3. The molecule has 1 aliphatic rings. The number of hydrogen-bond donors (Lipinski definition) is 1. The Morgan fingerprint density at radius 2 is 2.14 bits per heavy atom. The molecule has 0 fully saturated rings. The maximum Gasteiger partial charge on any atom is 0.258 e. The van der Waals surface area contributed by atoms with E-state index >= 15 is 0 Å². The van der Waals surface area contributed by atoms with Crippen LogP contribution in [0.2, 0.25) is 0 Å². The normalized spacial score (nSPS) is 15.7. The number of benzene rings is 1. The van der Waals surface area contributed by atoms with Crippen LogP contribution in [-0.4, -0.2) is 18.3 Å². The molecule has 3 rings (SSSR count). The summed E-state index contributed by atoms with van der Waals surface area (Å²) in [7, 11) is 1.60. The summed E-state index contributed by atoms with van der Waals surface area (Å²) in [4.78, 5) is 13.5. The molecule has 1 aliphatic heterocycles. The Kier molecular flexibility index (Phi) is 6.22. The lowest BCUT2D eigenvalue weighted by Gasteiger charge is -2.28. The van der Waals surface area contributed by atoms with E-state index in [-0.39, 0.29) is 17.0 Å². The van der Waals surface area contributed by atoms with Gasteiger partial charge in [0.2, 0.25) is 5.88 Å². The number of aromatic nitrogens is 1. The number of rotatable bonds is 6. The van der Waals surface area contributed by atoms with Gasteiger partial charge in [-0.05, 0) is 18.1 Å². The van der Waals surface area contributed by atoms with Crippen molar-refractivity contribution in [1.82, 2.24) is 4.57 Å². The van der Waals surface area contributed by atoms with Crippen LogP contribution in [0.5, 0.6) is 5.75 Å². The van der Waals surface area contributed by atoms with Crippen molar-refractivity contribution in [3.05, 3.63) is 73.4 Å². The molecule has 0 aliphatic carbocycles. The summed E-state index contributed by atoms with van der Waals surface area (Å²) in [6.07, 6.45) is 1.61. The molecule has 1 aromatic carbocycles. The standard InChI is InChI=1S/C21H22BrN3O3/c1-3-6-13-11-17-19(21(26)25(13)9-10-27-2)18(15(12-23)20(24)28-17)14-7-4-5-8-16(14)22/h4-5,7-8,11,18H,3,6,9-10,24H2,1-2H3. The molecule has 0 saturated heterocycles. The lowest BCUT2D eigenvalue weighted by atomic mass is 9.84. The summed E-state index contributed by atoms with van der Waals surface area (Å²) >= 11 is 3.54. The molecule has 6 nitrogen and oxygen atoms in total. The number of nitriles is 1. The fourth-order valence-corrected chi connectivity index (χ4v) is 4.04. The molecule has 0 amide bonds. The van der Waals surface area contributed by atoms with E-state index < -0.39 is 5.92 Å². The largest absolute Gasteiger partial charge is 0.440 e. The zero-order valence-corrected chi connectivity index (χ0v) is 17.5. The summed E-state index contributed by atoms with van der Waals surface area (Å²) in [5.41, 5.74) is 8.20. The Balaban J connectivity index is 2.30. The van der Waals surface area contributed by atoms with Crippen LogP contribution < -0.4 is 16.0 Å². The second-order valence-corrected chi connectivity index (χ2v) is 7.41. The number of ether oxygens (including phenoxy) is 2. The van der Waals surface area contributed by atoms with Crippen LogP contribution in [0.25, 0.3) is 0 Å². The first kappa shape index (κ1) is 20.2. The second kappa shape index (κ2) is 8.63. The average molecular weight is 444 g/mol. The van der Waals surface area contributed by atoms with Crippen molar-refractivity contribution in [3.8, 4) is 11.8 Å². The molecule has 0 radical (unpaired) electrons. The number of nitrogens with two attached hydrogens (primary N) is 1. The molecule has 1 aromatic heterocycles. The minimum Gasteiger partial charge on any atom is -0.440 e. The molecular weight excluding hydrogens is 422 g/mol. The van der Waals surface area contributed by atoms with Crippen LogP contribution in [0.1, 0.15) is 36.1 Å². The van der Waals surface area contributed by atoms with Crippen LogP contribution in [0.3, 0.4) is 0 Å². The second-order valence-electron chi connectivity index (χ2n) is 6.56. The Hall–Kier alpha value is -2.56. The van der Waals surface area contributed by atoms with Gasteiger partial charge in [0.05, 0.1) is 18.1 Å². The molecule has 146 valence electrons. The molecule has 2 heterocycles. The van der Waals surface area contributed by atoms with E-state index in [0.29, 0.717) is 24.5 Å². The lowest BCUT2D eigenvalue weighted by Crippen LogP contribution is -2.34. The van der Waals surface area contributed by atoms with Crippen molar-refractivity contribution in [1.29, 1.82) is 5.26 Å². The summed E-state index contributed by atoms with van der Waals surface area (Å²) in [5, 5.41) is 9.74. The summed E-state index contributed by atoms with van der Waals surface area (Å²) < 4.78 is 13.4. The molecule has 2 N–H and O–H groups in total. The number of nitrogens with zero attached hydrogens (tertiary/aromatic N) is 2. The van der Waals surface area contributed by atoms with Gasteiger partial charge in [-0.3, -0.25) is 4.79 Å². The van der Waals surface area contributed by atoms with Gasteiger partial charge in [0, 0.05) is 29.9 Å². The third-order valence-corrected chi connectivity index (χ3v) is 5.53. The maximum absolute atomic E-state index is 13.5. The van der Waals surface area contributed by atoms with E-state index in [0.717, 1.165) is 28.6 Å². The van der Waals surface area contributed by atoms with E-state index in [1.54, 1.807) is 11.7 Å². The van der Waals surface area contributed by atoms with Gasteiger partial charge in [0.25, 0.3) is 5.56 Å². The Labute approximate surface area is 172 Å². The zero-order valence-electron chi connectivity index (χ0n) is 15.9. The van der Waals surface area contributed by atoms with Gasteiger partial charge < -0.3 is 19.8 Å². The first-order valence-corrected chi connectivity index (χ1v) is 9.90. The molecule has 0 bridgehead atoms. The maximum atomic E-state index is 13.5. The van der Waals surface area contributed by atoms with E-state index in [2.05, 4.69) is 28.9 Å². The fourth-order valence-electron chi connectivity index (χ4n) is 3.53. The predicted octanol–water partition coefficient (Wildman–Crippen LogP) is 3.43. The number of methoxy groups -OCH3 is 1. The highest BCUT2D eigenvalue weighted by molar-refractivity contribution is 9.10. The third kappa shape index (κ3) is 3.58. The summed E-state index contributed by atoms with van der Waals surface area (Å²) in [5.74, 6) is -0.145. The number of halogens is 1. The number of aryl methyl sites for hydroxylation is 1. The highest BCUT2D eigenvalue weighted by atomic mass is 79.9. The molecule has 1 unspecified atom stereocenters. The molecular formula is C21H22BrN3O3.